The quantitative estimate of drug-likeness (QED) is 0.488. The Morgan fingerprint density at radius 1 is 1.33 bits per heavy atom. The number of nitrogens with zero attached hydrogens (tertiary/aromatic N) is 3. The van der Waals surface area contributed by atoms with Gasteiger partial charge in [-0.25, -0.2) is 0 Å². The van der Waals surface area contributed by atoms with Gasteiger partial charge < -0.3 is 9.80 Å². The van der Waals surface area contributed by atoms with Crippen LogP contribution in [-0.4, -0.2) is 43.0 Å². The summed E-state index contributed by atoms with van der Waals surface area (Å²) in [5.74, 6) is 0. The second kappa shape index (κ2) is 5.67. The topological polar surface area (TPSA) is 49.6 Å². The van der Waals surface area contributed by atoms with Gasteiger partial charge in [-0.1, -0.05) is 15.9 Å². The summed E-state index contributed by atoms with van der Waals surface area (Å²) in [6.07, 6.45) is 0. The molecule has 1 aliphatic rings. The minimum absolute atomic E-state index is 0.185. The molecule has 2 rings (SSSR count). The van der Waals surface area contributed by atoms with Gasteiger partial charge in [0.2, 0.25) is 0 Å². The first kappa shape index (κ1) is 13.3. The molecule has 0 amide bonds. The van der Waals surface area contributed by atoms with Crippen LogP contribution in [0.1, 0.15) is 5.56 Å². The number of likely N-dealkylation sites (N-methyl/N-ethyl adjacent to an activating group) is 1. The second-order valence-corrected chi connectivity index (χ2v) is 5.05. The Morgan fingerprint density at radius 2 is 2.00 bits per heavy atom. The van der Waals surface area contributed by atoms with Crippen molar-refractivity contribution in [3.63, 3.8) is 0 Å². The lowest BCUT2D eigenvalue weighted by molar-refractivity contribution is -0.385. The van der Waals surface area contributed by atoms with E-state index in [2.05, 4.69) is 32.8 Å². The van der Waals surface area contributed by atoms with E-state index in [0.29, 0.717) is 5.33 Å². The van der Waals surface area contributed by atoms with Crippen molar-refractivity contribution in [1.82, 2.24) is 4.90 Å². The van der Waals surface area contributed by atoms with E-state index in [4.69, 9.17) is 0 Å². The van der Waals surface area contributed by atoms with Crippen molar-refractivity contribution in [2.75, 3.05) is 38.1 Å². The first-order valence-electron chi connectivity index (χ1n) is 5.88. The van der Waals surface area contributed by atoms with Crippen LogP contribution >= 0.6 is 15.9 Å². The number of benzene rings is 1. The molecule has 6 heteroatoms. The fourth-order valence-electron chi connectivity index (χ4n) is 2.12. The predicted molar refractivity (Wildman–Crippen MR) is 75.4 cm³/mol. The third-order valence-electron chi connectivity index (χ3n) is 3.27. The van der Waals surface area contributed by atoms with Crippen LogP contribution in [-0.2, 0) is 5.33 Å². The lowest BCUT2D eigenvalue weighted by Gasteiger charge is -2.34. The molecule has 0 bridgehead atoms. The van der Waals surface area contributed by atoms with Crippen molar-refractivity contribution < 1.29 is 4.92 Å². The smallest absolute Gasteiger partial charge is 0.273 e. The van der Waals surface area contributed by atoms with E-state index in [1.165, 1.54) is 0 Å². The number of hydrogen-bond acceptors (Lipinski definition) is 4. The Morgan fingerprint density at radius 3 is 2.56 bits per heavy atom. The number of rotatable bonds is 3. The Balaban J connectivity index is 2.22. The lowest BCUT2D eigenvalue weighted by Crippen LogP contribution is -2.44. The molecule has 18 heavy (non-hydrogen) atoms. The van der Waals surface area contributed by atoms with Gasteiger partial charge in [0.15, 0.2) is 0 Å². The molecule has 0 aliphatic carbocycles. The zero-order valence-corrected chi connectivity index (χ0v) is 11.9. The number of piperazine rings is 1. The number of nitro groups is 1. The standard InChI is InChI=1S/C12H16BrN3O2/c1-14-4-6-15(7-5-14)11-2-3-12(16(17)18)10(8-11)9-13/h2-3,8H,4-7,9H2,1H3. The first-order valence-corrected chi connectivity index (χ1v) is 7.00. The van der Waals surface area contributed by atoms with E-state index in [1.807, 2.05) is 12.1 Å². The normalized spacial score (nSPS) is 16.9. The molecular formula is C12H16BrN3O2. The average Bonchev–Trinajstić information content (AvgIpc) is 2.38. The number of anilines is 1. The van der Waals surface area contributed by atoms with E-state index >= 15 is 0 Å². The van der Waals surface area contributed by atoms with Crippen LogP contribution in [0.25, 0.3) is 0 Å². The molecule has 98 valence electrons. The highest BCUT2D eigenvalue weighted by Crippen LogP contribution is 2.27. The average molecular weight is 314 g/mol. The highest BCUT2D eigenvalue weighted by atomic mass is 79.9. The van der Waals surface area contributed by atoms with Crippen LogP contribution in [0.2, 0.25) is 0 Å². The largest absolute Gasteiger partial charge is 0.369 e. The van der Waals surface area contributed by atoms with Crippen molar-refractivity contribution in [3.05, 3.63) is 33.9 Å². The Kier molecular flexibility index (Phi) is 4.19. The molecule has 0 spiro atoms. The molecule has 0 saturated carbocycles. The van der Waals surface area contributed by atoms with Crippen molar-refractivity contribution >= 4 is 27.3 Å². The van der Waals surface area contributed by atoms with Crippen molar-refractivity contribution in [2.45, 2.75) is 5.33 Å². The monoisotopic (exact) mass is 313 g/mol. The Hall–Kier alpha value is -1.14. The van der Waals surface area contributed by atoms with Crippen LogP contribution in [0.5, 0.6) is 0 Å². The maximum atomic E-state index is 10.9. The van der Waals surface area contributed by atoms with Crippen LogP contribution in [0.4, 0.5) is 11.4 Å². The highest BCUT2D eigenvalue weighted by Gasteiger charge is 2.18. The van der Waals surface area contributed by atoms with E-state index in [-0.39, 0.29) is 10.6 Å². The predicted octanol–water partition coefficient (Wildman–Crippen LogP) is 2.24. The summed E-state index contributed by atoms with van der Waals surface area (Å²) < 4.78 is 0. The van der Waals surface area contributed by atoms with Crippen molar-refractivity contribution in [1.29, 1.82) is 0 Å². The second-order valence-electron chi connectivity index (χ2n) is 4.49. The summed E-state index contributed by atoms with van der Waals surface area (Å²) in [5.41, 5.74) is 1.99. The fourth-order valence-corrected chi connectivity index (χ4v) is 2.57. The summed E-state index contributed by atoms with van der Waals surface area (Å²) >= 11 is 3.31. The minimum atomic E-state index is -0.329. The van der Waals surface area contributed by atoms with Gasteiger partial charge in [-0.15, -0.1) is 0 Å². The molecular weight excluding hydrogens is 298 g/mol. The maximum absolute atomic E-state index is 10.9. The van der Waals surface area contributed by atoms with Crippen molar-refractivity contribution in [2.24, 2.45) is 0 Å². The first-order chi connectivity index (χ1) is 8.61. The van der Waals surface area contributed by atoms with Gasteiger partial charge in [-0.2, -0.15) is 0 Å². The number of alkyl halides is 1. The minimum Gasteiger partial charge on any atom is -0.369 e. The fraction of sp³-hybridized carbons (Fsp3) is 0.500. The van der Waals surface area contributed by atoms with Crippen LogP contribution in [0.3, 0.4) is 0 Å². The van der Waals surface area contributed by atoms with Gasteiger partial charge in [0.05, 0.1) is 4.92 Å². The molecule has 1 fully saturated rings. The van der Waals surface area contributed by atoms with E-state index in [9.17, 15) is 10.1 Å². The third kappa shape index (κ3) is 2.81. The van der Waals surface area contributed by atoms with Gasteiger partial charge in [-0.3, -0.25) is 10.1 Å². The molecule has 5 nitrogen and oxygen atoms in total. The molecule has 0 radical (unpaired) electrons. The highest BCUT2D eigenvalue weighted by molar-refractivity contribution is 9.08. The lowest BCUT2D eigenvalue weighted by atomic mass is 10.1. The molecule has 1 saturated heterocycles. The molecule has 0 atom stereocenters. The van der Waals surface area contributed by atoms with Crippen LogP contribution < -0.4 is 4.90 Å². The van der Waals surface area contributed by atoms with Gasteiger partial charge in [-0.05, 0) is 19.2 Å². The summed E-state index contributed by atoms with van der Waals surface area (Å²) in [4.78, 5) is 15.1. The van der Waals surface area contributed by atoms with Gasteiger partial charge in [0.1, 0.15) is 0 Å². The zero-order chi connectivity index (χ0) is 13.1. The summed E-state index contributed by atoms with van der Waals surface area (Å²) in [5, 5.41) is 11.4. The molecule has 1 aromatic carbocycles. The van der Waals surface area contributed by atoms with E-state index in [1.54, 1.807) is 6.07 Å². The summed E-state index contributed by atoms with van der Waals surface area (Å²) in [7, 11) is 2.11. The molecule has 0 unspecified atom stereocenters. The van der Waals surface area contributed by atoms with Crippen LogP contribution in [0.15, 0.2) is 18.2 Å². The van der Waals surface area contributed by atoms with Crippen molar-refractivity contribution in [3.8, 4) is 0 Å². The Bertz CT molecular complexity index is 445. The molecule has 1 aliphatic heterocycles. The van der Waals surface area contributed by atoms with E-state index in [0.717, 1.165) is 37.4 Å². The SMILES string of the molecule is CN1CCN(c2ccc([N+](=O)[O-])c(CBr)c2)CC1. The molecule has 0 aromatic heterocycles. The molecule has 0 N–H and O–H groups in total. The number of halogens is 1. The zero-order valence-electron chi connectivity index (χ0n) is 10.3. The van der Waals surface area contributed by atoms with E-state index < -0.39 is 0 Å². The van der Waals surface area contributed by atoms with Gasteiger partial charge in [0.25, 0.3) is 5.69 Å². The summed E-state index contributed by atoms with van der Waals surface area (Å²) in [6.45, 7) is 3.99. The summed E-state index contributed by atoms with van der Waals surface area (Å²) in [6, 6.07) is 5.36. The Labute approximate surface area is 115 Å². The molecule has 1 heterocycles. The third-order valence-corrected chi connectivity index (χ3v) is 3.88. The maximum Gasteiger partial charge on any atom is 0.273 e. The molecule has 1 aromatic rings. The van der Waals surface area contributed by atoms with Crippen LogP contribution in [0, 0.1) is 10.1 Å². The number of nitro benzene ring substituents is 1. The van der Waals surface area contributed by atoms with Gasteiger partial charge in [0, 0.05) is 48.8 Å². The van der Waals surface area contributed by atoms with Gasteiger partial charge >= 0.3 is 0 Å². The number of hydrogen-bond donors (Lipinski definition) is 0.